The second-order valence-corrected chi connectivity index (χ2v) is 9.15. The van der Waals surface area contributed by atoms with Gasteiger partial charge in [-0.15, -0.1) is 0 Å². The molecule has 0 atom stereocenters. The summed E-state index contributed by atoms with van der Waals surface area (Å²) < 4.78 is 5.76. The maximum Gasteiger partial charge on any atom is 0.285 e. The van der Waals surface area contributed by atoms with Crippen LogP contribution in [0.15, 0.2) is 61.1 Å². The van der Waals surface area contributed by atoms with E-state index in [1.165, 1.54) is 12.4 Å². The van der Waals surface area contributed by atoms with Crippen LogP contribution in [0.2, 0.25) is 5.02 Å². The Morgan fingerprint density at radius 2 is 1.94 bits per heavy atom. The van der Waals surface area contributed by atoms with E-state index in [1.54, 1.807) is 30.5 Å². The van der Waals surface area contributed by atoms with E-state index in [0.717, 1.165) is 5.69 Å². The summed E-state index contributed by atoms with van der Waals surface area (Å²) >= 11 is 6.42. The summed E-state index contributed by atoms with van der Waals surface area (Å²) in [5.74, 6) is 6.88. The van der Waals surface area contributed by atoms with Crippen LogP contribution in [0.25, 0.3) is 10.9 Å². The summed E-state index contributed by atoms with van der Waals surface area (Å²) in [5.41, 5.74) is 1.86. The number of nitro benzene ring substituents is 1. The summed E-state index contributed by atoms with van der Waals surface area (Å²) in [6.07, 6.45) is 3.09. The van der Waals surface area contributed by atoms with Gasteiger partial charge in [-0.25, -0.2) is 9.97 Å². The number of rotatable bonds is 6. The molecule has 0 bridgehead atoms. The second kappa shape index (κ2) is 9.95. The van der Waals surface area contributed by atoms with Gasteiger partial charge in [0.05, 0.1) is 21.2 Å². The number of nitro groups is 1. The Morgan fingerprint density at radius 1 is 1.11 bits per heavy atom. The number of hydrogen-bond donors (Lipinski definition) is 1. The van der Waals surface area contributed by atoms with Gasteiger partial charge in [0, 0.05) is 28.8 Å². The lowest BCUT2D eigenvalue weighted by atomic mass is 9.97. The van der Waals surface area contributed by atoms with E-state index in [4.69, 9.17) is 16.3 Å². The smallest absolute Gasteiger partial charge is 0.285 e. The molecule has 0 spiro atoms. The van der Waals surface area contributed by atoms with E-state index in [9.17, 15) is 10.1 Å². The van der Waals surface area contributed by atoms with Gasteiger partial charge in [0.15, 0.2) is 0 Å². The molecule has 0 saturated carbocycles. The SMILES string of the molecule is CC(C)(C)C#Cc1cc2ncnc(Nc3ccc(OCc4ccccn4)c(Cl)c3)c2cc1[N+](=O)[O-]. The van der Waals surface area contributed by atoms with Gasteiger partial charge in [-0.3, -0.25) is 15.1 Å². The number of aromatic nitrogens is 3. The van der Waals surface area contributed by atoms with Crippen molar-refractivity contribution in [3.63, 3.8) is 0 Å². The van der Waals surface area contributed by atoms with Gasteiger partial charge in [-0.2, -0.15) is 0 Å². The third-order valence-electron chi connectivity index (χ3n) is 4.82. The van der Waals surface area contributed by atoms with Crippen LogP contribution in [0.3, 0.4) is 0 Å². The summed E-state index contributed by atoms with van der Waals surface area (Å²) in [4.78, 5) is 24.1. The second-order valence-electron chi connectivity index (χ2n) is 8.75. The Bertz CT molecular complexity index is 1460. The Kier molecular flexibility index (Phi) is 6.80. The van der Waals surface area contributed by atoms with Crippen molar-refractivity contribution >= 4 is 39.7 Å². The molecule has 0 aliphatic rings. The van der Waals surface area contributed by atoms with Gasteiger partial charge in [-0.05, 0) is 57.2 Å². The highest BCUT2D eigenvalue weighted by Crippen LogP contribution is 2.33. The van der Waals surface area contributed by atoms with Crippen LogP contribution in [0.4, 0.5) is 17.2 Å². The largest absolute Gasteiger partial charge is 0.486 e. The van der Waals surface area contributed by atoms with Crippen molar-refractivity contribution < 1.29 is 9.66 Å². The molecule has 0 fully saturated rings. The van der Waals surface area contributed by atoms with Gasteiger partial charge in [-0.1, -0.05) is 29.5 Å². The van der Waals surface area contributed by atoms with E-state index in [2.05, 4.69) is 32.1 Å². The van der Waals surface area contributed by atoms with Crippen LogP contribution >= 0.6 is 11.6 Å². The molecule has 4 rings (SSSR count). The fraction of sp³-hybridized carbons (Fsp3) is 0.192. The predicted octanol–water partition coefficient (Wildman–Crippen LogP) is 6.31. The lowest BCUT2D eigenvalue weighted by Gasteiger charge is -2.12. The van der Waals surface area contributed by atoms with Gasteiger partial charge in [0.1, 0.15) is 30.1 Å². The Labute approximate surface area is 207 Å². The molecule has 0 unspecified atom stereocenters. The van der Waals surface area contributed by atoms with Crippen LogP contribution in [-0.2, 0) is 6.61 Å². The fourth-order valence-electron chi connectivity index (χ4n) is 3.16. The number of pyridine rings is 1. The zero-order chi connectivity index (χ0) is 25.0. The van der Waals surface area contributed by atoms with E-state index in [0.29, 0.717) is 38.7 Å². The summed E-state index contributed by atoms with van der Waals surface area (Å²) in [6, 6.07) is 13.9. The first-order chi connectivity index (χ1) is 16.7. The number of ether oxygens (including phenoxy) is 1. The van der Waals surface area contributed by atoms with Crippen molar-refractivity contribution in [2.24, 2.45) is 5.41 Å². The van der Waals surface area contributed by atoms with Crippen molar-refractivity contribution in [3.05, 3.63) is 87.4 Å². The van der Waals surface area contributed by atoms with Crippen molar-refractivity contribution in [2.75, 3.05) is 5.32 Å². The molecule has 8 nitrogen and oxygen atoms in total. The third kappa shape index (κ3) is 6.02. The lowest BCUT2D eigenvalue weighted by molar-refractivity contribution is -0.385. The average molecular weight is 488 g/mol. The number of halogens is 1. The Balaban J connectivity index is 1.62. The lowest BCUT2D eigenvalue weighted by Crippen LogP contribution is -2.01. The van der Waals surface area contributed by atoms with Crippen LogP contribution in [0, 0.1) is 27.4 Å². The first-order valence-electron chi connectivity index (χ1n) is 10.8. The van der Waals surface area contributed by atoms with E-state index >= 15 is 0 Å². The molecule has 0 saturated heterocycles. The maximum absolute atomic E-state index is 11.7. The molecule has 0 radical (unpaired) electrons. The number of nitrogens with one attached hydrogen (secondary N) is 1. The van der Waals surface area contributed by atoms with E-state index in [-0.39, 0.29) is 17.7 Å². The van der Waals surface area contributed by atoms with Crippen LogP contribution < -0.4 is 10.1 Å². The molecule has 0 aliphatic heterocycles. The summed E-state index contributed by atoms with van der Waals surface area (Å²) in [7, 11) is 0. The molecule has 4 aromatic rings. The zero-order valence-electron chi connectivity index (χ0n) is 19.4. The fourth-order valence-corrected chi connectivity index (χ4v) is 3.40. The van der Waals surface area contributed by atoms with Gasteiger partial charge >= 0.3 is 0 Å². The molecule has 2 heterocycles. The van der Waals surface area contributed by atoms with E-state index < -0.39 is 4.92 Å². The number of anilines is 2. The Morgan fingerprint density at radius 3 is 2.63 bits per heavy atom. The number of fused-ring (bicyclic) bond motifs is 1. The predicted molar refractivity (Wildman–Crippen MR) is 136 cm³/mol. The van der Waals surface area contributed by atoms with Gasteiger partial charge < -0.3 is 10.1 Å². The third-order valence-corrected chi connectivity index (χ3v) is 5.11. The normalized spacial score (nSPS) is 11.0. The number of nitrogens with zero attached hydrogens (tertiary/aromatic N) is 4. The van der Waals surface area contributed by atoms with Crippen LogP contribution in [-0.4, -0.2) is 19.9 Å². The molecule has 2 aromatic heterocycles. The topological polar surface area (TPSA) is 103 Å². The highest BCUT2D eigenvalue weighted by Gasteiger charge is 2.18. The van der Waals surface area contributed by atoms with Crippen LogP contribution in [0.5, 0.6) is 5.75 Å². The molecule has 2 aromatic carbocycles. The molecule has 176 valence electrons. The van der Waals surface area contributed by atoms with E-state index in [1.807, 2.05) is 39.0 Å². The molecule has 0 aliphatic carbocycles. The Hall–Kier alpha value is -4.22. The van der Waals surface area contributed by atoms with Crippen molar-refractivity contribution in [3.8, 4) is 17.6 Å². The average Bonchev–Trinajstić information content (AvgIpc) is 2.82. The quantitative estimate of drug-likeness (QED) is 0.193. The summed E-state index contributed by atoms with van der Waals surface area (Å²) in [6.45, 7) is 6.11. The number of hydrogen-bond acceptors (Lipinski definition) is 7. The molecule has 0 amide bonds. The molecular formula is C26H22ClN5O3. The highest BCUT2D eigenvalue weighted by atomic mass is 35.5. The van der Waals surface area contributed by atoms with Crippen molar-refractivity contribution in [2.45, 2.75) is 27.4 Å². The molecule has 1 N–H and O–H groups in total. The summed E-state index contributed by atoms with van der Waals surface area (Å²) in [5, 5.41) is 15.8. The standard InChI is InChI=1S/C26H22ClN5O3/c1-26(2,3)10-9-17-12-22-20(14-23(17)32(33)34)25(30-16-29-22)31-18-7-8-24(21(27)13-18)35-15-19-6-4-5-11-28-19/h4-8,11-14,16H,15H2,1-3H3,(H,29,30,31). The van der Waals surface area contributed by atoms with Crippen LogP contribution in [0.1, 0.15) is 32.0 Å². The monoisotopic (exact) mass is 487 g/mol. The van der Waals surface area contributed by atoms with Crippen molar-refractivity contribution in [1.29, 1.82) is 0 Å². The minimum atomic E-state index is -0.451. The molecular weight excluding hydrogens is 466 g/mol. The minimum Gasteiger partial charge on any atom is -0.486 e. The highest BCUT2D eigenvalue weighted by molar-refractivity contribution is 6.32. The first-order valence-corrected chi connectivity index (χ1v) is 11.1. The minimum absolute atomic E-state index is 0.108. The molecule has 9 heteroatoms. The zero-order valence-corrected chi connectivity index (χ0v) is 20.1. The molecule has 35 heavy (non-hydrogen) atoms. The first kappa shape index (κ1) is 23.9. The van der Waals surface area contributed by atoms with Gasteiger partial charge in [0.2, 0.25) is 0 Å². The maximum atomic E-state index is 11.7. The van der Waals surface area contributed by atoms with Gasteiger partial charge in [0.25, 0.3) is 5.69 Å². The number of benzene rings is 2. The van der Waals surface area contributed by atoms with Crippen molar-refractivity contribution in [1.82, 2.24) is 15.0 Å².